The molecule has 0 amide bonds. The summed E-state index contributed by atoms with van der Waals surface area (Å²) in [6.07, 6.45) is 2.17. The fourth-order valence-electron chi connectivity index (χ4n) is 7.03. The lowest BCUT2D eigenvalue weighted by atomic mass is 9.90. The second-order valence-electron chi connectivity index (χ2n) is 11.7. The van der Waals surface area contributed by atoms with Crippen molar-refractivity contribution in [1.29, 1.82) is 5.26 Å². The van der Waals surface area contributed by atoms with E-state index < -0.39 is 0 Å². The van der Waals surface area contributed by atoms with Gasteiger partial charge in [0.1, 0.15) is 0 Å². The van der Waals surface area contributed by atoms with E-state index in [1.165, 1.54) is 66.3 Å². The van der Waals surface area contributed by atoms with Gasteiger partial charge in [-0.15, -0.1) is 0 Å². The van der Waals surface area contributed by atoms with E-state index in [0.29, 0.717) is 11.5 Å². The van der Waals surface area contributed by atoms with Gasteiger partial charge in [0.2, 0.25) is 0 Å². The van der Waals surface area contributed by atoms with Crippen molar-refractivity contribution in [2.45, 2.75) is 25.7 Å². The van der Waals surface area contributed by atoms with Crippen LogP contribution in [0.15, 0.2) is 133 Å². The van der Waals surface area contributed by atoms with Crippen molar-refractivity contribution in [2.24, 2.45) is 0 Å². The van der Waals surface area contributed by atoms with E-state index in [-0.39, 0.29) is 0 Å². The summed E-state index contributed by atoms with van der Waals surface area (Å²) in [5.41, 5.74) is 14.8. The normalized spacial score (nSPS) is 13.6. The van der Waals surface area contributed by atoms with E-state index in [4.69, 9.17) is 0 Å². The zero-order valence-electron chi connectivity index (χ0n) is 24.1. The van der Waals surface area contributed by atoms with Gasteiger partial charge in [-0.25, -0.2) is 0 Å². The Hall–Kier alpha value is -5.39. The summed E-state index contributed by atoms with van der Waals surface area (Å²) in [4.78, 5) is 0. The fourth-order valence-corrected chi connectivity index (χ4v) is 7.03. The van der Waals surface area contributed by atoms with Gasteiger partial charge >= 0.3 is 0 Å². The second-order valence-corrected chi connectivity index (χ2v) is 11.7. The molecule has 0 radical (unpaired) electrons. The summed E-state index contributed by atoms with van der Waals surface area (Å²) >= 11 is 0. The largest absolute Gasteiger partial charge is 0.309 e. The fraction of sp³-hybridized carbons (Fsp3) is 0.0976. The third kappa shape index (κ3) is 4.25. The average Bonchev–Trinajstić information content (AvgIpc) is 3.55. The van der Waals surface area contributed by atoms with Crippen molar-refractivity contribution in [1.82, 2.24) is 4.57 Å². The van der Waals surface area contributed by atoms with E-state index in [0.717, 1.165) is 18.5 Å². The highest BCUT2D eigenvalue weighted by molar-refractivity contribution is 6.10. The molecule has 204 valence electrons. The molecule has 1 atom stereocenters. The molecular formula is C41H30N2. The highest BCUT2D eigenvalue weighted by Crippen LogP contribution is 2.48. The molecule has 0 spiro atoms. The Morgan fingerprint density at radius 2 is 1.37 bits per heavy atom. The molecule has 0 bridgehead atoms. The van der Waals surface area contributed by atoms with E-state index in [1.54, 1.807) is 0 Å². The molecule has 0 saturated carbocycles. The SMILES string of the molecule is Cc1ccc2c3cc(-c4ccc5c(c4)-c4ccccc4C5CCc4ccccc4)ccc3n(-c3ccc(C#N)cc3)c2c1. The molecule has 0 N–H and O–H groups in total. The summed E-state index contributed by atoms with van der Waals surface area (Å²) in [5, 5.41) is 11.8. The number of fused-ring (bicyclic) bond motifs is 6. The van der Waals surface area contributed by atoms with Gasteiger partial charge in [-0.05, 0) is 113 Å². The maximum atomic E-state index is 9.32. The predicted molar refractivity (Wildman–Crippen MR) is 178 cm³/mol. The van der Waals surface area contributed by atoms with Gasteiger partial charge in [0.05, 0.1) is 22.7 Å². The van der Waals surface area contributed by atoms with Crippen LogP contribution in [0.4, 0.5) is 0 Å². The monoisotopic (exact) mass is 550 g/mol. The molecule has 43 heavy (non-hydrogen) atoms. The molecule has 1 heterocycles. The lowest BCUT2D eigenvalue weighted by molar-refractivity contribution is 0.729. The average molecular weight is 551 g/mol. The Bertz CT molecular complexity index is 2190. The first-order valence-corrected chi connectivity index (χ1v) is 15.0. The number of aromatic nitrogens is 1. The molecule has 2 nitrogen and oxygen atoms in total. The summed E-state index contributed by atoms with van der Waals surface area (Å²) in [7, 11) is 0. The molecule has 0 saturated heterocycles. The maximum Gasteiger partial charge on any atom is 0.0991 e. The van der Waals surface area contributed by atoms with Crippen molar-refractivity contribution < 1.29 is 0 Å². The van der Waals surface area contributed by atoms with Gasteiger partial charge in [-0.2, -0.15) is 5.26 Å². The zero-order chi connectivity index (χ0) is 28.9. The lowest BCUT2D eigenvalue weighted by Gasteiger charge is -2.14. The number of nitriles is 1. The quantitative estimate of drug-likeness (QED) is 0.210. The summed E-state index contributed by atoms with van der Waals surface area (Å²) in [6, 6.07) is 50.5. The van der Waals surface area contributed by atoms with Gasteiger partial charge in [-0.1, -0.05) is 84.9 Å². The van der Waals surface area contributed by atoms with Crippen molar-refractivity contribution >= 4 is 21.8 Å². The van der Waals surface area contributed by atoms with Crippen LogP contribution < -0.4 is 0 Å². The smallest absolute Gasteiger partial charge is 0.0991 e. The molecule has 0 fully saturated rings. The van der Waals surface area contributed by atoms with Crippen LogP contribution in [0.3, 0.4) is 0 Å². The molecule has 2 heteroatoms. The highest BCUT2D eigenvalue weighted by Gasteiger charge is 2.28. The van der Waals surface area contributed by atoms with Crippen molar-refractivity contribution in [3.05, 3.63) is 161 Å². The van der Waals surface area contributed by atoms with Crippen LogP contribution in [0.5, 0.6) is 0 Å². The van der Waals surface area contributed by atoms with Gasteiger partial charge < -0.3 is 4.57 Å². The summed E-state index contributed by atoms with van der Waals surface area (Å²) < 4.78 is 2.32. The Morgan fingerprint density at radius 3 is 2.21 bits per heavy atom. The second kappa shape index (κ2) is 10.2. The van der Waals surface area contributed by atoms with Gasteiger partial charge in [0.25, 0.3) is 0 Å². The van der Waals surface area contributed by atoms with Crippen LogP contribution >= 0.6 is 0 Å². The summed E-state index contributed by atoms with van der Waals surface area (Å²) in [6.45, 7) is 2.14. The molecule has 1 unspecified atom stereocenters. The van der Waals surface area contributed by atoms with Gasteiger partial charge in [0, 0.05) is 22.4 Å². The van der Waals surface area contributed by atoms with Crippen molar-refractivity contribution in [3.63, 3.8) is 0 Å². The summed E-state index contributed by atoms with van der Waals surface area (Å²) in [5.74, 6) is 0.413. The van der Waals surface area contributed by atoms with E-state index in [2.05, 4.69) is 127 Å². The lowest BCUT2D eigenvalue weighted by Crippen LogP contribution is -1.99. The molecule has 1 aliphatic rings. The van der Waals surface area contributed by atoms with Crippen LogP contribution in [0.1, 0.15) is 40.2 Å². The number of benzene rings is 6. The zero-order valence-corrected chi connectivity index (χ0v) is 24.1. The third-order valence-electron chi connectivity index (χ3n) is 9.13. The number of hydrogen-bond acceptors (Lipinski definition) is 1. The number of hydrogen-bond donors (Lipinski definition) is 0. The van der Waals surface area contributed by atoms with E-state index >= 15 is 0 Å². The van der Waals surface area contributed by atoms with E-state index in [9.17, 15) is 5.26 Å². The molecule has 8 rings (SSSR count). The highest BCUT2D eigenvalue weighted by atomic mass is 15.0. The molecule has 0 aliphatic heterocycles. The number of rotatable bonds is 5. The number of aryl methyl sites for hydroxylation is 2. The van der Waals surface area contributed by atoms with Gasteiger partial charge in [0.15, 0.2) is 0 Å². The van der Waals surface area contributed by atoms with Crippen LogP contribution in [-0.4, -0.2) is 4.57 Å². The first-order valence-electron chi connectivity index (χ1n) is 15.0. The number of nitrogens with zero attached hydrogens (tertiary/aromatic N) is 2. The Balaban J connectivity index is 1.23. The van der Waals surface area contributed by atoms with Crippen LogP contribution in [0.25, 0.3) is 49.7 Å². The van der Waals surface area contributed by atoms with Gasteiger partial charge in [-0.3, -0.25) is 0 Å². The topological polar surface area (TPSA) is 28.7 Å². The Kier molecular flexibility index (Phi) is 5.98. The van der Waals surface area contributed by atoms with Crippen LogP contribution in [-0.2, 0) is 6.42 Å². The molecular weight excluding hydrogens is 520 g/mol. The first kappa shape index (κ1) is 25.3. The van der Waals surface area contributed by atoms with Crippen LogP contribution in [0.2, 0.25) is 0 Å². The molecule has 1 aromatic heterocycles. The first-order chi connectivity index (χ1) is 21.2. The van der Waals surface area contributed by atoms with E-state index in [1.807, 2.05) is 24.3 Å². The minimum atomic E-state index is 0.413. The molecule has 6 aromatic carbocycles. The minimum absolute atomic E-state index is 0.413. The maximum absolute atomic E-state index is 9.32. The molecule has 7 aromatic rings. The predicted octanol–water partition coefficient (Wildman–Crippen LogP) is 10.4. The Morgan fingerprint density at radius 1 is 0.628 bits per heavy atom. The molecule has 1 aliphatic carbocycles. The standard InChI is InChI=1S/C41H30N2/c1-27-11-19-37-39-25-31(16-22-40(39)43(41(37)23-27)32-17-12-29(26-42)13-18-32)30-15-21-36-35(20-14-28-7-3-2-4-8-28)33-9-5-6-10-34(33)38(36)24-30/h2-13,15-19,21-25,35H,14,20H2,1H3. The van der Waals surface area contributed by atoms with Crippen LogP contribution in [0, 0.1) is 18.3 Å². The van der Waals surface area contributed by atoms with Crippen molar-refractivity contribution in [2.75, 3.05) is 0 Å². The van der Waals surface area contributed by atoms with Crippen molar-refractivity contribution in [3.8, 4) is 34.0 Å². The Labute approximate surface area is 252 Å². The minimum Gasteiger partial charge on any atom is -0.309 e. The third-order valence-corrected chi connectivity index (χ3v) is 9.13.